The average molecular weight is 993 g/mol. The van der Waals surface area contributed by atoms with Crippen molar-refractivity contribution < 1.29 is 89.9 Å². The number of fused-ring (bicyclic) bond motifs is 3. The van der Waals surface area contributed by atoms with Crippen molar-refractivity contribution in [3.05, 3.63) is 152 Å². The van der Waals surface area contributed by atoms with Gasteiger partial charge in [0, 0.05) is 34.9 Å². The van der Waals surface area contributed by atoms with Gasteiger partial charge in [0.2, 0.25) is 17.3 Å². The van der Waals surface area contributed by atoms with Crippen molar-refractivity contribution in [2.45, 2.75) is 40.5 Å². The number of phenols is 12. The monoisotopic (exact) mass is 992 g/mol. The van der Waals surface area contributed by atoms with Gasteiger partial charge in [0.15, 0.2) is 51.8 Å². The SMILES string of the molecule is CC(C)=CCc1c(O)cc2c(c1O)C(=O)/C(=C\c1cc(O)c(O)cc1-c1c(O)cc3c(c1O)C(=O)/C(=C\c1ccc(O)c(O)c1)O3)O2.CC(C)=CCc1c(O)cc2c(c1O)C(=O)/C(=C\c1ccc(O)c(O)c1)O2. The van der Waals surface area contributed by atoms with Gasteiger partial charge in [-0.25, -0.2) is 0 Å². The van der Waals surface area contributed by atoms with Crippen molar-refractivity contribution in [1.82, 2.24) is 0 Å². The van der Waals surface area contributed by atoms with Crippen molar-refractivity contribution in [2.75, 3.05) is 0 Å². The van der Waals surface area contributed by atoms with Crippen LogP contribution in [0.5, 0.6) is 86.2 Å². The van der Waals surface area contributed by atoms with Crippen LogP contribution >= 0.6 is 0 Å². The minimum absolute atomic E-state index is 0.00536. The van der Waals surface area contributed by atoms with Crippen LogP contribution in [0.25, 0.3) is 29.4 Å². The van der Waals surface area contributed by atoms with E-state index in [1.54, 1.807) is 6.08 Å². The Morgan fingerprint density at radius 1 is 0.397 bits per heavy atom. The highest BCUT2D eigenvalue weighted by Gasteiger charge is 2.37. The van der Waals surface area contributed by atoms with E-state index >= 15 is 0 Å². The first-order chi connectivity index (χ1) is 34.5. The van der Waals surface area contributed by atoms with Crippen LogP contribution in [-0.4, -0.2) is 78.6 Å². The summed E-state index contributed by atoms with van der Waals surface area (Å²) in [6.45, 7) is 7.45. The normalized spacial score (nSPS) is 14.7. The molecular weight excluding hydrogens is 949 g/mol. The molecule has 6 aromatic rings. The second-order valence-electron chi connectivity index (χ2n) is 17.4. The molecule has 9 rings (SSSR count). The van der Waals surface area contributed by atoms with E-state index in [1.807, 2.05) is 33.8 Å². The fourth-order valence-electron chi connectivity index (χ4n) is 7.94. The summed E-state index contributed by atoms with van der Waals surface area (Å²) in [6, 6.07) is 13.4. The summed E-state index contributed by atoms with van der Waals surface area (Å²) < 4.78 is 16.7. The number of aromatic hydroxyl groups is 12. The number of rotatable bonds is 8. The third-order valence-corrected chi connectivity index (χ3v) is 11.7. The summed E-state index contributed by atoms with van der Waals surface area (Å²) in [6.07, 6.45) is 7.78. The quantitative estimate of drug-likeness (QED) is 0.0384. The number of benzene rings is 6. The number of carbonyl (C=O) groups is 3. The molecule has 18 nitrogen and oxygen atoms in total. The number of ketones is 3. The summed E-state index contributed by atoms with van der Waals surface area (Å²) >= 11 is 0. The topological polar surface area (TPSA) is 322 Å². The molecule has 12 N–H and O–H groups in total. The van der Waals surface area contributed by atoms with Crippen LogP contribution in [0.15, 0.2) is 107 Å². The Morgan fingerprint density at radius 3 is 1.18 bits per heavy atom. The predicted molar refractivity (Wildman–Crippen MR) is 263 cm³/mol. The second-order valence-corrected chi connectivity index (χ2v) is 17.4. The smallest absolute Gasteiger partial charge is 0.235 e. The lowest BCUT2D eigenvalue weighted by Gasteiger charge is -2.14. The Bertz CT molecular complexity index is 3540. The zero-order chi connectivity index (χ0) is 52.9. The van der Waals surface area contributed by atoms with E-state index in [1.165, 1.54) is 60.7 Å². The third-order valence-electron chi connectivity index (χ3n) is 11.7. The van der Waals surface area contributed by atoms with Crippen molar-refractivity contribution in [3.63, 3.8) is 0 Å². The van der Waals surface area contributed by atoms with E-state index in [9.17, 15) is 75.7 Å². The summed E-state index contributed by atoms with van der Waals surface area (Å²) in [5.74, 6) is -8.34. The minimum atomic E-state index is -0.793. The van der Waals surface area contributed by atoms with E-state index in [-0.39, 0.29) is 132 Å². The highest BCUT2D eigenvalue weighted by atomic mass is 16.5. The minimum Gasteiger partial charge on any atom is -0.507 e. The van der Waals surface area contributed by atoms with Gasteiger partial charge in [-0.2, -0.15) is 0 Å². The first kappa shape index (κ1) is 49.5. The lowest BCUT2D eigenvalue weighted by Crippen LogP contribution is -2.00. The van der Waals surface area contributed by atoms with Crippen LogP contribution in [0.2, 0.25) is 0 Å². The summed E-state index contributed by atoms with van der Waals surface area (Å²) in [5, 5.41) is 123. The van der Waals surface area contributed by atoms with Gasteiger partial charge in [0.25, 0.3) is 0 Å². The molecule has 3 heterocycles. The number of phenolic OH excluding ortho intramolecular Hbond substituents is 12. The fourth-order valence-corrected chi connectivity index (χ4v) is 7.94. The van der Waals surface area contributed by atoms with Gasteiger partial charge in [-0.3, -0.25) is 14.4 Å². The van der Waals surface area contributed by atoms with Crippen molar-refractivity contribution in [1.29, 1.82) is 0 Å². The molecule has 372 valence electrons. The van der Waals surface area contributed by atoms with Crippen LogP contribution in [0, 0.1) is 0 Å². The van der Waals surface area contributed by atoms with Gasteiger partial charge in [-0.1, -0.05) is 35.4 Å². The molecule has 0 fully saturated rings. The van der Waals surface area contributed by atoms with E-state index in [2.05, 4.69) is 0 Å². The van der Waals surface area contributed by atoms with Gasteiger partial charge in [-0.15, -0.1) is 0 Å². The Balaban J connectivity index is 0.000000231. The highest BCUT2D eigenvalue weighted by molar-refractivity contribution is 6.19. The van der Waals surface area contributed by atoms with Gasteiger partial charge >= 0.3 is 0 Å². The molecule has 0 spiro atoms. The van der Waals surface area contributed by atoms with E-state index < -0.39 is 51.8 Å². The molecule has 0 saturated carbocycles. The third kappa shape index (κ3) is 9.42. The maximum absolute atomic E-state index is 13.4. The van der Waals surface area contributed by atoms with Gasteiger partial charge in [-0.05, 0) is 112 Å². The number of carbonyl (C=O) groups excluding carboxylic acids is 3. The zero-order valence-corrected chi connectivity index (χ0v) is 39.0. The molecule has 3 aliphatic heterocycles. The van der Waals surface area contributed by atoms with Gasteiger partial charge in [0.05, 0.1) is 5.56 Å². The number of allylic oxidation sites excluding steroid dienone is 7. The molecule has 0 amide bonds. The zero-order valence-electron chi connectivity index (χ0n) is 39.0. The number of ether oxygens (including phenoxy) is 3. The number of Topliss-reactive ketones (excluding diaryl/α,β-unsaturated/α-hetero) is 3. The molecule has 18 heteroatoms. The molecule has 0 bridgehead atoms. The maximum atomic E-state index is 13.4. The molecule has 0 saturated heterocycles. The Labute approximate surface area is 414 Å². The van der Waals surface area contributed by atoms with Gasteiger partial charge in [0.1, 0.15) is 68.4 Å². The standard InChI is InChI=1S/C35H26O12.C20H18O6/c1-14(2)3-5-17-20(37)12-25-30(32(17)42)34(44)28(47-25)10-16-9-22(39)23(40)11-18(16)29-24(41)13-26-31(35(29)45)33(43)27(46-26)8-15-4-6-19(36)21(38)7-15;1-10(2)3-5-12-14(22)9-16-18(19(12)24)20(25)17(26-16)8-11-4-6-13(21)15(23)7-11/h3-4,6-13,36-42,45H,5H2,1-2H3;3-4,6-9,21-24H,5H2,1-2H3/b27-8+,28-10+;17-8+. The fraction of sp³-hybridized carbons (Fsp3) is 0.109. The average Bonchev–Trinajstić information content (AvgIpc) is 3.92. The predicted octanol–water partition coefficient (Wildman–Crippen LogP) is 9.37. The Kier molecular flexibility index (Phi) is 12.9. The van der Waals surface area contributed by atoms with Gasteiger partial charge < -0.3 is 75.5 Å². The van der Waals surface area contributed by atoms with E-state index in [0.29, 0.717) is 5.56 Å². The number of hydrogen-bond acceptors (Lipinski definition) is 18. The molecule has 6 aromatic carbocycles. The summed E-state index contributed by atoms with van der Waals surface area (Å²) in [4.78, 5) is 39.4. The van der Waals surface area contributed by atoms with E-state index in [4.69, 9.17) is 14.2 Å². The Hall–Kier alpha value is -9.97. The largest absolute Gasteiger partial charge is 0.507 e. The van der Waals surface area contributed by atoms with Crippen LogP contribution < -0.4 is 14.2 Å². The van der Waals surface area contributed by atoms with Crippen molar-refractivity contribution in [3.8, 4) is 97.4 Å². The van der Waals surface area contributed by atoms with Crippen LogP contribution in [0.3, 0.4) is 0 Å². The molecule has 0 aliphatic carbocycles. The lowest BCUT2D eigenvalue weighted by molar-refractivity contribution is 0.100. The molecular formula is C55H44O18. The summed E-state index contributed by atoms with van der Waals surface area (Å²) in [7, 11) is 0. The maximum Gasteiger partial charge on any atom is 0.235 e. The molecule has 0 atom stereocenters. The van der Waals surface area contributed by atoms with E-state index in [0.717, 1.165) is 35.4 Å². The molecule has 3 aliphatic rings. The first-order valence-corrected chi connectivity index (χ1v) is 22.0. The molecule has 0 aromatic heterocycles. The van der Waals surface area contributed by atoms with Crippen LogP contribution in [0.4, 0.5) is 0 Å². The highest BCUT2D eigenvalue weighted by Crippen LogP contribution is 2.52. The lowest BCUT2D eigenvalue weighted by atomic mass is 9.93. The van der Waals surface area contributed by atoms with Crippen molar-refractivity contribution >= 4 is 35.6 Å². The first-order valence-electron chi connectivity index (χ1n) is 22.0. The summed E-state index contributed by atoms with van der Waals surface area (Å²) in [5.41, 5.74) is 1.91. The number of hydrogen-bond donors (Lipinski definition) is 12. The Morgan fingerprint density at radius 2 is 0.767 bits per heavy atom. The van der Waals surface area contributed by atoms with Crippen molar-refractivity contribution in [2.24, 2.45) is 0 Å². The molecule has 0 radical (unpaired) electrons. The van der Waals surface area contributed by atoms with Crippen LogP contribution in [-0.2, 0) is 12.8 Å². The molecule has 0 unspecified atom stereocenters. The van der Waals surface area contributed by atoms with Crippen LogP contribution in [0.1, 0.15) is 86.6 Å². The molecule has 73 heavy (non-hydrogen) atoms. The second kappa shape index (κ2) is 19.1.